The molecule has 1 rings (SSSR count). The van der Waals surface area contributed by atoms with Crippen molar-refractivity contribution in [3.05, 3.63) is 23.1 Å². The van der Waals surface area contributed by atoms with E-state index in [4.69, 9.17) is 21.1 Å². The fraction of sp³-hybridized carbons (Fsp3) is 0.286. The van der Waals surface area contributed by atoms with E-state index >= 15 is 0 Å². The van der Waals surface area contributed by atoms with Gasteiger partial charge in [0, 0.05) is 0 Å². The van der Waals surface area contributed by atoms with Gasteiger partial charge in [-0.3, -0.25) is 4.79 Å². The molecule has 0 radical (unpaired) electrons. The maximum atomic E-state index is 10.2. The van der Waals surface area contributed by atoms with E-state index in [9.17, 15) is 9.90 Å². The first kappa shape index (κ1) is 9.09. The van der Waals surface area contributed by atoms with Crippen LogP contribution in [0.4, 0.5) is 0 Å². The van der Waals surface area contributed by atoms with Crippen molar-refractivity contribution in [2.75, 3.05) is 0 Å². The van der Waals surface area contributed by atoms with E-state index in [2.05, 4.69) is 0 Å². The average molecular weight is 191 g/mol. The predicted octanol–water partition coefficient (Wildman–Crippen LogP) is 1.44. The smallest absolute Gasteiger partial charge is 0.306 e. The number of aliphatic carboxylic acids is 1. The van der Waals surface area contributed by atoms with E-state index < -0.39 is 12.1 Å². The second kappa shape index (κ2) is 3.60. The average Bonchev–Trinajstić information content (AvgIpc) is 2.34. The molecule has 0 aliphatic rings. The van der Waals surface area contributed by atoms with Gasteiger partial charge in [0.05, 0.1) is 6.42 Å². The first-order valence-corrected chi connectivity index (χ1v) is 3.62. The Bertz CT molecular complexity index is 281. The van der Waals surface area contributed by atoms with Crippen molar-refractivity contribution in [3.63, 3.8) is 0 Å². The Labute approximate surface area is 73.4 Å². The van der Waals surface area contributed by atoms with Crippen molar-refractivity contribution < 1.29 is 19.4 Å². The molecule has 5 heteroatoms. The number of carboxylic acid groups (broad SMARTS) is 1. The number of rotatable bonds is 3. The highest BCUT2D eigenvalue weighted by atomic mass is 35.5. The van der Waals surface area contributed by atoms with Gasteiger partial charge in [-0.1, -0.05) is 0 Å². The van der Waals surface area contributed by atoms with Crippen LogP contribution in [0.5, 0.6) is 0 Å². The van der Waals surface area contributed by atoms with Crippen molar-refractivity contribution in [1.29, 1.82) is 0 Å². The summed E-state index contributed by atoms with van der Waals surface area (Å²) in [5, 5.41) is 17.6. The van der Waals surface area contributed by atoms with Crippen LogP contribution in [-0.2, 0) is 4.79 Å². The van der Waals surface area contributed by atoms with E-state index in [-0.39, 0.29) is 17.4 Å². The fourth-order valence-corrected chi connectivity index (χ4v) is 0.925. The lowest BCUT2D eigenvalue weighted by atomic mass is 10.2. The summed E-state index contributed by atoms with van der Waals surface area (Å²) in [4.78, 5) is 10.2. The molecule has 1 aromatic heterocycles. The van der Waals surface area contributed by atoms with E-state index in [1.165, 1.54) is 12.1 Å². The van der Waals surface area contributed by atoms with Gasteiger partial charge in [0.1, 0.15) is 11.9 Å². The van der Waals surface area contributed by atoms with Gasteiger partial charge in [0.2, 0.25) is 0 Å². The molecule has 1 heterocycles. The Morgan fingerprint density at radius 2 is 2.33 bits per heavy atom. The number of hydrogen-bond acceptors (Lipinski definition) is 3. The van der Waals surface area contributed by atoms with E-state index in [0.29, 0.717) is 0 Å². The molecule has 0 spiro atoms. The monoisotopic (exact) mass is 190 g/mol. The Kier molecular flexibility index (Phi) is 2.73. The molecule has 0 bridgehead atoms. The first-order valence-electron chi connectivity index (χ1n) is 3.24. The molecule has 0 unspecified atom stereocenters. The largest absolute Gasteiger partial charge is 0.481 e. The maximum absolute atomic E-state index is 10.2. The lowest BCUT2D eigenvalue weighted by Gasteiger charge is -2.02. The van der Waals surface area contributed by atoms with Crippen molar-refractivity contribution in [2.45, 2.75) is 12.5 Å². The van der Waals surface area contributed by atoms with Gasteiger partial charge in [-0.2, -0.15) is 0 Å². The summed E-state index contributed by atoms with van der Waals surface area (Å²) in [6.07, 6.45) is -1.51. The molecule has 0 saturated heterocycles. The lowest BCUT2D eigenvalue weighted by molar-refractivity contribution is -0.139. The predicted molar refractivity (Wildman–Crippen MR) is 40.9 cm³/mol. The van der Waals surface area contributed by atoms with Gasteiger partial charge in [-0.25, -0.2) is 0 Å². The minimum absolute atomic E-state index is 0.134. The summed E-state index contributed by atoms with van der Waals surface area (Å²) in [5.41, 5.74) is 0. The molecule has 4 nitrogen and oxygen atoms in total. The molecule has 2 N–H and O–H groups in total. The number of aliphatic hydroxyl groups is 1. The zero-order valence-electron chi connectivity index (χ0n) is 6.03. The molecule has 66 valence electrons. The number of aliphatic hydroxyl groups excluding tert-OH is 1. The van der Waals surface area contributed by atoms with Crippen LogP contribution >= 0.6 is 11.6 Å². The number of halogens is 1. The second-order valence-electron chi connectivity index (χ2n) is 2.26. The highest BCUT2D eigenvalue weighted by molar-refractivity contribution is 6.28. The van der Waals surface area contributed by atoms with Crippen LogP contribution in [0.25, 0.3) is 0 Å². The summed E-state index contributed by atoms with van der Waals surface area (Å²) in [6, 6.07) is 2.89. The Morgan fingerprint density at radius 3 is 2.75 bits per heavy atom. The zero-order valence-corrected chi connectivity index (χ0v) is 6.78. The third kappa shape index (κ3) is 2.25. The van der Waals surface area contributed by atoms with Crippen LogP contribution in [-0.4, -0.2) is 16.2 Å². The van der Waals surface area contributed by atoms with E-state index in [1.807, 2.05) is 0 Å². The third-order valence-corrected chi connectivity index (χ3v) is 1.49. The van der Waals surface area contributed by atoms with Gasteiger partial charge in [0.15, 0.2) is 5.22 Å². The molecule has 0 aromatic carbocycles. The van der Waals surface area contributed by atoms with Gasteiger partial charge < -0.3 is 14.6 Å². The topological polar surface area (TPSA) is 70.7 Å². The minimum atomic E-state index is -1.13. The van der Waals surface area contributed by atoms with Crippen LogP contribution in [0.3, 0.4) is 0 Å². The van der Waals surface area contributed by atoms with Crippen LogP contribution in [0.1, 0.15) is 18.3 Å². The van der Waals surface area contributed by atoms with Crippen LogP contribution in [0.2, 0.25) is 5.22 Å². The quantitative estimate of drug-likeness (QED) is 0.757. The molecule has 1 aromatic rings. The Balaban J connectivity index is 2.64. The number of carboxylic acids is 1. The Morgan fingerprint density at radius 1 is 1.67 bits per heavy atom. The highest BCUT2D eigenvalue weighted by Gasteiger charge is 2.15. The number of hydrogen-bond donors (Lipinski definition) is 2. The van der Waals surface area contributed by atoms with Gasteiger partial charge in [0.25, 0.3) is 0 Å². The zero-order chi connectivity index (χ0) is 9.14. The normalized spacial score (nSPS) is 12.8. The number of carbonyl (C=O) groups is 1. The van der Waals surface area contributed by atoms with Crippen LogP contribution in [0, 0.1) is 0 Å². The summed E-state index contributed by atoms with van der Waals surface area (Å²) >= 11 is 5.42. The third-order valence-electron chi connectivity index (χ3n) is 1.29. The molecule has 0 amide bonds. The summed E-state index contributed by atoms with van der Waals surface area (Å²) in [5.74, 6) is -0.919. The number of furan rings is 1. The second-order valence-corrected chi connectivity index (χ2v) is 2.63. The van der Waals surface area contributed by atoms with Crippen LogP contribution in [0.15, 0.2) is 16.5 Å². The van der Waals surface area contributed by atoms with Crippen molar-refractivity contribution in [1.82, 2.24) is 0 Å². The molecule has 0 fully saturated rings. The summed E-state index contributed by atoms with van der Waals surface area (Å²) in [6.45, 7) is 0. The molecule has 0 saturated carbocycles. The van der Waals surface area contributed by atoms with Gasteiger partial charge in [-0.15, -0.1) is 0 Å². The summed E-state index contributed by atoms with van der Waals surface area (Å²) < 4.78 is 4.80. The Hall–Kier alpha value is -1.00. The molecule has 0 aliphatic carbocycles. The van der Waals surface area contributed by atoms with Crippen LogP contribution < -0.4 is 0 Å². The van der Waals surface area contributed by atoms with Crippen molar-refractivity contribution >= 4 is 17.6 Å². The highest BCUT2D eigenvalue weighted by Crippen LogP contribution is 2.21. The fourth-order valence-electron chi connectivity index (χ4n) is 0.773. The molecule has 0 aliphatic heterocycles. The maximum Gasteiger partial charge on any atom is 0.306 e. The minimum Gasteiger partial charge on any atom is -0.481 e. The van der Waals surface area contributed by atoms with E-state index in [1.54, 1.807) is 0 Å². The van der Waals surface area contributed by atoms with E-state index in [0.717, 1.165) is 0 Å². The summed E-state index contributed by atoms with van der Waals surface area (Å²) in [7, 11) is 0. The molecular formula is C7H7ClO4. The molecule has 12 heavy (non-hydrogen) atoms. The lowest BCUT2D eigenvalue weighted by Crippen LogP contribution is -2.04. The van der Waals surface area contributed by atoms with Gasteiger partial charge in [-0.05, 0) is 23.7 Å². The van der Waals surface area contributed by atoms with Crippen molar-refractivity contribution in [3.8, 4) is 0 Å². The van der Waals surface area contributed by atoms with Gasteiger partial charge >= 0.3 is 5.97 Å². The molecular weight excluding hydrogens is 184 g/mol. The SMILES string of the molecule is O=C(O)C[C@@H](O)c1ccc(Cl)o1. The molecule has 1 atom stereocenters. The standard InChI is InChI=1S/C7H7ClO4/c8-6-2-1-5(12-6)4(9)3-7(10)11/h1-2,4,9H,3H2,(H,10,11)/t4-/m1/s1. The van der Waals surface area contributed by atoms with Crippen molar-refractivity contribution in [2.24, 2.45) is 0 Å². The first-order chi connectivity index (χ1) is 5.59.